The highest BCUT2D eigenvalue weighted by Crippen LogP contribution is 2.26. The average molecular weight is 347 g/mol. The SMILES string of the molecule is CC(=O)N1CCN[C@@H](C(=O)N2CCC(c3cc(=O)[nH]c(C)n3)CC2)C1. The Balaban J connectivity index is 1.59. The van der Waals surface area contributed by atoms with Crippen molar-refractivity contribution in [3.8, 4) is 0 Å². The molecule has 0 spiro atoms. The van der Waals surface area contributed by atoms with E-state index in [1.807, 2.05) is 4.90 Å². The fraction of sp³-hybridized carbons (Fsp3) is 0.647. The van der Waals surface area contributed by atoms with Crippen molar-refractivity contribution < 1.29 is 9.59 Å². The van der Waals surface area contributed by atoms with Crippen LogP contribution < -0.4 is 10.9 Å². The van der Waals surface area contributed by atoms with Gasteiger partial charge in [0.05, 0.1) is 5.69 Å². The molecular formula is C17H25N5O3. The molecule has 1 aromatic rings. The first-order chi connectivity index (χ1) is 11.9. The number of aryl methyl sites for hydroxylation is 1. The number of hydrogen-bond donors (Lipinski definition) is 2. The molecule has 3 heterocycles. The highest BCUT2D eigenvalue weighted by molar-refractivity contribution is 5.83. The van der Waals surface area contributed by atoms with Crippen molar-refractivity contribution >= 4 is 11.8 Å². The third-order valence-electron chi connectivity index (χ3n) is 5.02. The van der Waals surface area contributed by atoms with Gasteiger partial charge in [0, 0.05) is 51.6 Å². The summed E-state index contributed by atoms with van der Waals surface area (Å²) in [4.78, 5) is 46.6. The van der Waals surface area contributed by atoms with E-state index in [-0.39, 0.29) is 29.3 Å². The number of aromatic nitrogens is 2. The zero-order valence-electron chi connectivity index (χ0n) is 14.7. The molecule has 2 N–H and O–H groups in total. The van der Waals surface area contributed by atoms with Crippen molar-refractivity contribution in [1.29, 1.82) is 0 Å². The van der Waals surface area contributed by atoms with Gasteiger partial charge < -0.3 is 20.1 Å². The van der Waals surface area contributed by atoms with Gasteiger partial charge in [-0.3, -0.25) is 14.4 Å². The first kappa shape index (κ1) is 17.6. The molecule has 0 aliphatic carbocycles. The second-order valence-electron chi connectivity index (χ2n) is 6.83. The summed E-state index contributed by atoms with van der Waals surface area (Å²) in [5, 5.41) is 3.22. The Morgan fingerprint density at radius 2 is 1.92 bits per heavy atom. The minimum Gasteiger partial charge on any atom is -0.341 e. The fourth-order valence-electron chi connectivity index (χ4n) is 3.63. The number of H-pyrrole nitrogens is 1. The Morgan fingerprint density at radius 1 is 1.20 bits per heavy atom. The van der Waals surface area contributed by atoms with E-state index in [0.29, 0.717) is 38.5 Å². The summed E-state index contributed by atoms with van der Waals surface area (Å²) < 4.78 is 0. The number of nitrogens with zero attached hydrogens (tertiary/aromatic N) is 3. The molecule has 0 aromatic carbocycles. The predicted octanol–water partition coefficient (Wildman–Crippen LogP) is -0.395. The number of nitrogens with one attached hydrogen (secondary N) is 2. The van der Waals surface area contributed by atoms with E-state index in [1.54, 1.807) is 17.9 Å². The standard InChI is InChI=1S/C17H25N5O3/c1-11-19-14(9-16(24)20-11)13-3-6-21(7-4-13)17(25)15-10-22(12(2)23)8-5-18-15/h9,13,15,18H,3-8,10H2,1-2H3,(H,19,20,24)/t15-/m1/s1. The maximum Gasteiger partial charge on any atom is 0.251 e. The number of likely N-dealkylation sites (tertiary alicyclic amines) is 1. The van der Waals surface area contributed by atoms with E-state index in [9.17, 15) is 14.4 Å². The van der Waals surface area contributed by atoms with Crippen LogP contribution in [0.15, 0.2) is 10.9 Å². The lowest BCUT2D eigenvalue weighted by Crippen LogP contribution is -2.59. The monoisotopic (exact) mass is 347 g/mol. The molecule has 0 bridgehead atoms. The minimum atomic E-state index is -0.325. The molecular weight excluding hydrogens is 322 g/mol. The van der Waals surface area contributed by atoms with Crippen molar-refractivity contribution in [2.24, 2.45) is 0 Å². The van der Waals surface area contributed by atoms with Gasteiger partial charge in [0.15, 0.2) is 0 Å². The summed E-state index contributed by atoms with van der Waals surface area (Å²) in [6.45, 7) is 6.33. The van der Waals surface area contributed by atoms with Crippen LogP contribution in [0.2, 0.25) is 0 Å². The Labute approximate surface area is 146 Å². The molecule has 2 fully saturated rings. The second-order valence-corrected chi connectivity index (χ2v) is 6.83. The highest BCUT2D eigenvalue weighted by atomic mass is 16.2. The van der Waals surface area contributed by atoms with Crippen LogP contribution in [0.1, 0.15) is 37.2 Å². The van der Waals surface area contributed by atoms with Crippen LogP contribution in [0.5, 0.6) is 0 Å². The second kappa shape index (κ2) is 7.35. The maximum atomic E-state index is 12.7. The molecule has 8 nitrogen and oxygen atoms in total. The molecule has 2 saturated heterocycles. The summed E-state index contributed by atoms with van der Waals surface area (Å²) in [7, 11) is 0. The van der Waals surface area contributed by atoms with Gasteiger partial charge >= 0.3 is 0 Å². The number of amides is 2. The average Bonchev–Trinajstić information content (AvgIpc) is 2.60. The number of piperidine rings is 1. The van der Waals surface area contributed by atoms with Gasteiger partial charge in [0.25, 0.3) is 5.56 Å². The number of carbonyl (C=O) groups is 2. The Hall–Kier alpha value is -2.22. The normalized spacial score (nSPS) is 22.1. The van der Waals surface area contributed by atoms with E-state index < -0.39 is 0 Å². The molecule has 2 aliphatic rings. The molecule has 8 heteroatoms. The van der Waals surface area contributed by atoms with Gasteiger partial charge in [-0.25, -0.2) is 4.98 Å². The number of hydrogen-bond acceptors (Lipinski definition) is 5. The molecule has 0 radical (unpaired) electrons. The summed E-state index contributed by atoms with van der Waals surface area (Å²) in [6, 6.07) is 1.23. The van der Waals surface area contributed by atoms with Crippen LogP contribution in [-0.2, 0) is 9.59 Å². The van der Waals surface area contributed by atoms with Crippen LogP contribution in [0, 0.1) is 6.92 Å². The molecule has 1 aromatic heterocycles. The lowest BCUT2D eigenvalue weighted by molar-refractivity contribution is -0.138. The molecule has 25 heavy (non-hydrogen) atoms. The van der Waals surface area contributed by atoms with Gasteiger partial charge in [-0.2, -0.15) is 0 Å². The molecule has 0 unspecified atom stereocenters. The molecule has 1 atom stereocenters. The smallest absolute Gasteiger partial charge is 0.251 e. The zero-order valence-corrected chi connectivity index (χ0v) is 14.7. The number of aromatic amines is 1. The first-order valence-electron chi connectivity index (χ1n) is 8.79. The molecule has 3 rings (SSSR count). The van der Waals surface area contributed by atoms with Crippen molar-refractivity contribution in [2.45, 2.75) is 38.6 Å². The van der Waals surface area contributed by atoms with Crippen molar-refractivity contribution in [3.63, 3.8) is 0 Å². The van der Waals surface area contributed by atoms with Crippen molar-refractivity contribution in [1.82, 2.24) is 25.1 Å². The Morgan fingerprint density at radius 3 is 2.56 bits per heavy atom. The molecule has 2 aliphatic heterocycles. The van der Waals surface area contributed by atoms with Crippen LogP contribution in [-0.4, -0.2) is 70.3 Å². The largest absolute Gasteiger partial charge is 0.341 e. The molecule has 136 valence electrons. The highest BCUT2D eigenvalue weighted by Gasteiger charge is 2.32. The van der Waals surface area contributed by atoms with E-state index >= 15 is 0 Å². The van der Waals surface area contributed by atoms with Gasteiger partial charge in [0.2, 0.25) is 11.8 Å². The predicted molar refractivity (Wildman–Crippen MR) is 92.2 cm³/mol. The summed E-state index contributed by atoms with van der Waals surface area (Å²) in [6.07, 6.45) is 1.59. The number of rotatable bonds is 2. The van der Waals surface area contributed by atoms with Crippen LogP contribution in [0.4, 0.5) is 0 Å². The Kier molecular flexibility index (Phi) is 5.17. The third-order valence-corrected chi connectivity index (χ3v) is 5.02. The lowest BCUT2D eigenvalue weighted by Gasteiger charge is -2.38. The molecule has 2 amide bonds. The van der Waals surface area contributed by atoms with Gasteiger partial charge in [-0.1, -0.05) is 0 Å². The summed E-state index contributed by atoms with van der Waals surface area (Å²) >= 11 is 0. The van der Waals surface area contributed by atoms with E-state index in [1.165, 1.54) is 6.92 Å². The van der Waals surface area contributed by atoms with Gasteiger partial charge in [-0.15, -0.1) is 0 Å². The third kappa shape index (κ3) is 4.07. The Bertz CT molecular complexity index is 708. The lowest BCUT2D eigenvalue weighted by atomic mass is 9.93. The summed E-state index contributed by atoms with van der Waals surface area (Å²) in [5.74, 6) is 0.892. The maximum absolute atomic E-state index is 12.7. The topological polar surface area (TPSA) is 98.4 Å². The van der Waals surface area contributed by atoms with Crippen molar-refractivity contribution in [2.75, 3.05) is 32.7 Å². The number of piperazine rings is 1. The quantitative estimate of drug-likeness (QED) is 0.759. The molecule has 0 saturated carbocycles. The zero-order chi connectivity index (χ0) is 18.0. The van der Waals surface area contributed by atoms with Crippen LogP contribution >= 0.6 is 0 Å². The van der Waals surface area contributed by atoms with E-state index in [0.717, 1.165) is 18.5 Å². The number of carbonyl (C=O) groups excluding carboxylic acids is 2. The first-order valence-corrected chi connectivity index (χ1v) is 8.79. The fourth-order valence-corrected chi connectivity index (χ4v) is 3.63. The van der Waals surface area contributed by atoms with E-state index in [4.69, 9.17) is 0 Å². The van der Waals surface area contributed by atoms with Crippen LogP contribution in [0.3, 0.4) is 0 Å². The van der Waals surface area contributed by atoms with Gasteiger partial charge in [-0.05, 0) is 19.8 Å². The van der Waals surface area contributed by atoms with Gasteiger partial charge in [0.1, 0.15) is 11.9 Å². The van der Waals surface area contributed by atoms with E-state index in [2.05, 4.69) is 15.3 Å². The minimum absolute atomic E-state index is 0.00810. The van der Waals surface area contributed by atoms with Crippen LogP contribution in [0.25, 0.3) is 0 Å². The summed E-state index contributed by atoms with van der Waals surface area (Å²) in [5.41, 5.74) is 0.684. The van der Waals surface area contributed by atoms with Crippen molar-refractivity contribution in [3.05, 3.63) is 27.9 Å².